The van der Waals surface area contributed by atoms with Gasteiger partial charge in [-0.25, -0.2) is 9.80 Å². The van der Waals surface area contributed by atoms with Crippen molar-refractivity contribution in [1.29, 1.82) is 10.5 Å². The molecule has 0 unspecified atom stereocenters. The molecule has 11 rings (SSSR count). The minimum atomic E-state index is -0.453. The Morgan fingerprint density at radius 2 is 0.686 bits per heavy atom. The standard InChI is InChI=1S/C62H48N4O4/c1-31(2)39-17-11-18-40(32(3)4)57(39)65-59(67)45-23-21-43-52-48(38-16-10-14-36(26-38)30-64)28-50-54-46(60(68)66(62(50)70)58-41(33(5)6)19-12-20-42(58)34(7)8)24-22-44(56(52)54)51-47(37-15-9-13-35(25-37)29-63)27-49(61(65)69)53(45)55(43)51/h9-28,31-34H,1-8H3. The molecule has 0 saturated carbocycles. The summed E-state index contributed by atoms with van der Waals surface area (Å²) in [6.45, 7) is 16.5. The molecule has 70 heavy (non-hydrogen) atoms. The first-order valence-electron chi connectivity index (χ1n) is 24.0. The zero-order valence-corrected chi connectivity index (χ0v) is 40.3. The van der Waals surface area contributed by atoms with Gasteiger partial charge in [-0.15, -0.1) is 0 Å². The van der Waals surface area contributed by atoms with Crippen LogP contribution in [0.4, 0.5) is 11.4 Å². The number of anilines is 2. The van der Waals surface area contributed by atoms with Gasteiger partial charge in [0.25, 0.3) is 23.6 Å². The fourth-order valence-electron chi connectivity index (χ4n) is 11.4. The Bertz CT molecular complexity index is 3610. The molecule has 0 spiro atoms. The molecule has 2 aliphatic heterocycles. The van der Waals surface area contributed by atoms with Crippen LogP contribution < -0.4 is 9.80 Å². The maximum absolute atomic E-state index is 15.6. The lowest BCUT2D eigenvalue weighted by Crippen LogP contribution is -2.42. The third-order valence-corrected chi connectivity index (χ3v) is 14.6. The average molecular weight is 913 g/mol. The molecule has 9 aromatic rings. The van der Waals surface area contributed by atoms with E-state index < -0.39 is 23.6 Å². The lowest BCUT2D eigenvalue weighted by molar-refractivity contribution is 0.0877. The molecule has 340 valence electrons. The van der Waals surface area contributed by atoms with Crippen LogP contribution in [0.5, 0.6) is 0 Å². The largest absolute Gasteiger partial charge is 0.268 e. The number of hydrogen-bond acceptors (Lipinski definition) is 6. The molecule has 9 aromatic carbocycles. The van der Waals surface area contributed by atoms with Crippen LogP contribution in [0.3, 0.4) is 0 Å². The third-order valence-electron chi connectivity index (χ3n) is 14.6. The highest BCUT2D eigenvalue weighted by molar-refractivity contribution is 6.48. The third kappa shape index (κ3) is 6.19. The molecule has 8 heteroatoms. The summed E-state index contributed by atoms with van der Waals surface area (Å²) in [5, 5.41) is 25.6. The van der Waals surface area contributed by atoms with Crippen molar-refractivity contribution in [1.82, 2.24) is 0 Å². The molecule has 0 N–H and O–H groups in total. The lowest BCUT2D eigenvalue weighted by Gasteiger charge is -2.34. The predicted octanol–water partition coefficient (Wildman–Crippen LogP) is 14.9. The summed E-state index contributed by atoms with van der Waals surface area (Å²) in [7, 11) is 0. The van der Waals surface area contributed by atoms with Gasteiger partial charge < -0.3 is 0 Å². The van der Waals surface area contributed by atoms with E-state index in [-0.39, 0.29) is 23.7 Å². The Kier molecular flexibility index (Phi) is 10.1. The Morgan fingerprint density at radius 3 is 1.01 bits per heavy atom. The van der Waals surface area contributed by atoms with Gasteiger partial charge >= 0.3 is 0 Å². The van der Waals surface area contributed by atoms with E-state index in [1.54, 1.807) is 36.4 Å². The number of imide groups is 2. The van der Waals surface area contributed by atoms with E-state index in [1.807, 2.05) is 84.9 Å². The Morgan fingerprint density at radius 1 is 0.357 bits per heavy atom. The topological polar surface area (TPSA) is 122 Å². The molecule has 2 heterocycles. The van der Waals surface area contributed by atoms with E-state index in [0.29, 0.717) is 110 Å². The molecule has 0 aromatic heterocycles. The number of nitriles is 2. The van der Waals surface area contributed by atoms with Gasteiger partial charge in [-0.05, 0) is 149 Å². The molecule has 0 radical (unpaired) electrons. The van der Waals surface area contributed by atoms with Gasteiger partial charge in [0.15, 0.2) is 0 Å². The van der Waals surface area contributed by atoms with Crippen molar-refractivity contribution >= 4 is 78.1 Å². The van der Waals surface area contributed by atoms with Gasteiger partial charge in [0.1, 0.15) is 0 Å². The Labute approximate surface area is 406 Å². The number of hydrogen-bond donors (Lipinski definition) is 0. The molecule has 8 nitrogen and oxygen atoms in total. The first kappa shape index (κ1) is 44.1. The summed E-state index contributed by atoms with van der Waals surface area (Å²) < 4.78 is 0. The smallest absolute Gasteiger partial charge is 0.266 e. The number of fused-ring (bicyclic) bond motifs is 2. The van der Waals surface area contributed by atoms with Crippen molar-refractivity contribution < 1.29 is 19.2 Å². The lowest BCUT2D eigenvalue weighted by atomic mass is 9.77. The predicted molar refractivity (Wildman–Crippen MR) is 279 cm³/mol. The van der Waals surface area contributed by atoms with Crippen molar-refractivity contribution in [2.24, 2.45) is 0 Å². The second-order valence-electron chi connectivity index (χ2n) is 20.0. The highest BCUT2D eigenvalue weighted by atomic mass is 16.2. The number of para-hydroxylation sites is 2. The SMILES string of the molecule is CC(C)c1cccc(C(C)C)c1N1C(=O)c2ccc3c4c(-c5cccc(C#N)c5)cc5c6c(ccc(c7c(-c8cccc(C#N)c8)cc(c2c37)C1=O)c64)C(=O)N(c1c(C(C)C)cccc1C(C)C)C5=O. The maximum atomic E-state index is 15.6. The zero-order chi connectivity index (χ0) is 49.2. The van der Waals surface area contributed by atoms with E-state index in [9.17, 15) is 10.5 Å². The minimum absolute atomic E-state index is 0.0000311. The van der Waals surface area contributed by atoms with Crippen molar-refractivity contribution in [2.75, 3.05) is 9.80 Å². The maximum Gasteiger partial charge on any atom is 0.266 e. The number of carbonyl (C=O) groups is 4. The first-order chi connectivity index (χ1) is 33.7. The van der Waals surface area contributed by atoms with Gasteiger partial charge in [-0.2, -0.15) is 10.5 Å². The van der Waals surface area contributed by atoms with Crippen LogP contribution in [0.1, 0.15) is 154 Å². The normalized spacial score (nSPS) is 13.7. The monoisotopic (exact) mass is 912 g/mol. The molecule has 0 fully saturated rings. The number of rotatable bonds is 8. The fourth-order valence-corrected chi connectivity index (χ4v) is 11.4. The van der Waals surface area contributed by atoms with Crippen molar-refractivity contribution in [2.45, 2.75) is 79.1 Å². The fraction of sp³-hybridized carbons (Fsp3) is 0.194. The van der Waals surface area contributed by atoms with Crippen LogP contribution in [0, 0.1) is 22.7 Å². The molecule has 0 bridgehead atoms. The number of benzene rings is 9. The van der Waals surface area contributed by atoms with E-state index >= 15 is 19.2 Å². The molecule has 0 atom stereocenters. The summed E-state index contributed by atoms with van der Waals surface area (Å²) in [5.41, 5.74) is 9.69. The first-order valence-corrected chi connectivity index (χ1v) is 24.0. The summed E-state index contributed by atoms with van der Waals surface area (Å²) >= 11 is 0. The second-order valence-corrected chi connectivity index (χ2v) is 20.0. The van der Waals surface area contributed by atoms with Gasteiger partial charge in [0.05, 0.1) is 34.6 Å². The van der Waals surface area contributed by atoms with Crippen LogP contribution in [-0.2, 0) is 0 Å². The van der Waals surface area contributed by atoms with E-state index in [0.717, 1.165) is 22.3 Å². The van der Waals surface area contributed by atoms with Crippen LogP contribution in [-0.4, -0.2) is 23.6 Å². The van der Waals surface area contributed by atoms with Gasteiger partial charge in [0.2, 0.25) is 0 Å². The zero-order valence-electron chi connectivity index (χ0n) is 40.3. The van der Waals surface area contributed by atoms with Gasteiger partial charge in [0, 0.05) is 33.0 Å². The van der Waals surface area contributed by atoms with E-state index in [4.69, 9.17) is 0 Å². The summed E-state index contributed by atoms with van der Waals surface area (Å²) in [5.74, 6) is -1.77. The molecular formula is C62H48N4O4. The minimum Gasteiger partial charge on any atom is -0.268 e. The van der Waals surface area contributed by atoms with E-state index in [1.165, 1.54) is 9.80 Å². The summed E-state index contributed by atoms with van der Waals surface area (Å²) in [6.07, 6.45) is 0. The molecule has 4 amide bonds. The number of carbonyl (C=O) groups excluding carboxylic acids is 4. The molecule has 0 aliphatic carbocycles. The number of nitrogens with zero attached hydrogens (tertiary/aromatic N) is 4. The molecule has 0 saturated heterocycles. The van der Waals surface area contributed by atoms with Crippen LogP contribution in [0.15, 0.2) is 121 Å². The Balaban J connectivity index is 1.32. The van der Waals surface area contributed by atoms with E-state index in [2.05, 4.69) is 67.5 Å². The van der Waals surface area contributed by atoms with Crippen LogP contribution in [0.2, 0.25) is 0 Å². The highest BCUT2D eigenvalue weighted by Gasteiger charge is 2.42. The molecular weight excluding hydrogens is 865 g/mol. The van der Waals surface area contributed by atoms with Crippen molar-refractivity contribution in [3.63, 3.8) is 0 Å². The summed E-state index contributed by atoms with van der Waals surface area (Å²) in [4.78, 5) is 64.7. The summed E-state index contributed by atoms with van der Waals surface area (Å²) in [6, 6.07) is 42.2. The number of amides is 4. The highest BCUT2D eigenvalue weighted by Crippen LogP contribution is 2.53. The van der Waals surface area contributed by atoms with Crippen LogP contribution in [0.25, 0.3) is 65.3 Å². The molecule has 2 aliphatic rings. The van der Waals surface area contributed by atoms with Crippen molar-refractivity contribution in [3.8, 4) is 34.4 Å². The van der Waals surface area contributed by atoms with Gasteiger partial charge in [-0.3, -0.25) is 19.2 Å². The Hall–Kier alpha value is -8.46. The second kappa shape index (κ2) is 16.1. The van der Waals surface area contributed by atoms with Gasteiger partial charge in [-0.1, -0.05) is 128 Å². The van der Waals surface area contributed by atoms with Crippen molar-refractivity contribution in [3.05, 3.63) is 177 Å². The average Bonchev–Trinajstić information content (AvgIpc) is 3.36. The van der Waals surface area contributed by atoms with Crippen LogP contribution >= 0.6 is 0 Å². The quantitative estimate of drug-likeness (QED) is 0.0850.